The molecule has 1 N–H and O–H groups in total. The Kier molecular flexibility index (Phi) is 2.41. The summed E-state index contributed by atoms with van der Waals surface area (Å²) in [4.78, 5) is 0. The van der Waals surface area contributed by atoms with Crippen LogP contribution in [0.3, 0.4) is 0 Å². The molecule has 3 nitrogen and oxygen atoms in total. The van der Waals surface area contributed by atoms with Gasteiger partial charge in [-0.15, -0.1) is 0 Å². The van der Waals surface area contributed by atoms with E-state index >= 15 is 0 Å². The minimum absolute atomic E-state index is 0.0778. The Balaban J connectivity index is 2.29. The van der Waals surface area contributed by atoms with Gasteiger partial charge in [0.25, 0.3) is 0 Å². The largest absolute Gasteiger partial charge is 0.454 e. The number of rotatable bonds is 2. The van der Waals surface area contributed by atoms with Crippen molar-refractivity contribution in [2.75, 3.05) is 13.4 Å². The molecule has 1 aromatic rings. The maximum Gasteiger partial charge on any atom is 0.231 e. The van der Waals surface area contributed by atoms with Crippen LogP contribution in [-0.4, -0.2) is 18.5 Å². The molecule has 0 amide bonds. The molecular formula is C11H12O3. The van der Waals surface area contributed by atoms with E-state index in [2.05, 4.69) is 0 Å². The average molecular weight is 192 g/mol. The van der Waals surface area contributed by atoms with Crippen LogP contribution in [0.25, 0.3) is 6.08 Å². The molecule has 0 saturated heterocycles. The second kappa shape index (κ2) is 3.72. The highest BCUT2D eigenvalue weighted by Crippen LogP contribution is 2.32. The summed E-state index contributed by atoms with van der Waals surface area (Å²) in [5, 5.41) is 8.87. The van der Waals surface area contributed by atoms with Crippen molar-refractivity contribution in [2.45, 2.75) is 6.92 Å². The summed E-state index contributed by atoms with van der Waals surface area (Å²) in [6, 6.07) is 5.72. The van der Waals surface area contributed by atoms with Crippen molar-refractivity contribution in [2.24, 2.45) is 0 Å². The summed E-state index contributed by atoms with van der Waals surface area (Å²) < 4.78 is 10.4. The van der Waals surface area contributed by atoms with Gasteiger partial charge in [0.1, 0.15) is 0 Å². The van der Waals surface area contributed by atoms with E-state index in [0.717, 1.165) is 22.6 Å². The smallest absolute Gasteiger partial charge is 0.231 e. The molecule has 3 heteroatoms. The molecule has 0 aromatic heterocycles. The molecule has 0 bridgehead atoms. The Morgan fingerprint density at radius 3 is 3.00 bits per heavy atom. The summed E-state index contributed by atoms with van der Waals surface area (Å²) >= 11 is 0. The topological polar surface area (TPSA) is 38.7 Å². The normalized spacial score (nSPS) is 14.6. The first-order valence-electron chi connectivity index (χ1n) is 4.47. The highest BCUT2D eigenvalue weighted by atomic mass is 16.7. The van der Waals surface area contributed by atoms with Gasteiger partial charge in [0.2, 0.25) is 6.79 Å². The van der Waals surface area contributed by atoms with Crippen molar-refractivity contribution >= 4 is 6.08 Å². The fourth-order valence-electron chi connectivity index (χ4n) is 1.33. The van der Waals surface area contributed by atoms with Gasteiger partial charge in [0, 0.05) is 0 Å². The molecule has 0 spiro atoms. The lowest BCUT2D eigenvalue weighted by atomic mass is 10.1. The summed E-state index contributed by atoms with van der Waals surface area (Å²) in [6.07, 6.45) is 1.92. The number of hydrogen-bond acceptors (Lipinski definition) is 3. The molecule has 0 aliphatic carbocycles. The number of ether oxygens (including phenoxy) is 2. The predicted octanol–water partition coefficient (Wildman–Crippen LogP) is 1.81. The first-order chi connectivity index (χ1) is 6.79. The molecule has 0 saturated carbocycles. The van der Waals surface area contributed by atoms with E-state index < -0.39 is 0 Å². The summed E-state index contributed by atoms with van der Waals surface area (Å²) in [6.45, 7) is 2.25. The number of fused-ring (bicyclic) bond motifs is 1. The monoisotopic (exact) mass is 192 g/mol. The Bertz CT molecular complexity index is 369. The van der Waals surface area contributed by atoms with Crippen molar-refractivity contribution in [1.82, 2.24) is 0 Å². The number of aliphatic hydroxyl groups is 1. The molecule has 2 rings (SSSR count). The van der Waals surface area contributed by atoms with E-state index in [9.17, 15) is 0 Å². The minimum Gasteiger partial charge on any atom is -0.454 e. The van der Waals surface area contributed by atoms with Gasteiger partial charge in [-0.3, -0.25) is 0 Å². The second-order valence-corrected chi connectivity index (χ2v) is 3.26. The van der Waals surface area contributed by atoms with Crippen LogP contribution in [0.2, 0.25) is 0 Å². The standard InChI is InChI=1S/C11H12O3/c1-8(6-12)4-9-2-3-10-11(5-9)14-7-13-10/h2-5,12H,6-7H2,1H3/b8-4+. The molecule has 1 aliphatic heterocycles. The lowest BCUT2D eigenvalue weighted by Gasteiger charge is -1.99. The zero-order valence-corrected chi connectivity index (χ0v) is 7.99. The molecule has 0 unspecified atom stereocenters. The molecule has 1 heterocycles. The van der Waals surface area contributed by atoms with Crippen LogP contribution in [0.5, 0.6) is 11.5 Å². The predicted molar refractivity (Wildman–Crippen MR) is 53.3 cm³/mol. The molecule has 0 radical (unpaired) electrons. The van der Waals surface area contributed by atoms with Gasteiger partial charge in [-0.2, -0.15) is 0 Å². The van der Waals surface area contributed by atoms with Crippen LogP contribution in [-0.2, 0) is 0 Å². The summed E-state index contributed by atoms with van der Waals surface area (Å²) in [5.74, 6) is 1.55. The summed E-state index contributed by atoms with van der Waals surface area (Å²) in [7, 11) is 0. The van der Waals surface area contributed by atoms with E-state index in [1.54, 1.807) is 0 Å². The van der Waals surface area contributed by atoms with Gasteiger partial charge >= 0.3 is 0 Å². The minimum atomic E-state index is 0.0778. The van der Waals surface area contributed by atoms with Gasteiger partial charge in [0.15, 0.2) is 11.5 Å². The second-order valence-electron chi connectivity index (χ2n) is 3.26. The van der Waals surface area contributed by atoms with E-state index in [4.69, 9.17) is 14.6 Å². The zero-order valence-electron chi connectivity index (χ0n) is 7.99. The zero-order chi connectivity index (χ0) is 9.97. The number of aliphatic hydroxyl groups excluding tert-OH is 1. The third-order valence-corrected chi connectivity index (χ3v) is 2.06. The summed E-state index contributed by atoms with van der Waals surface area (Å²) in [5.41, 5.74) is 1.93. The number of hydrogen-bond donors (Lipinski definition) is 1. The van der Waals surface area contributed by atoms with Crippen LogP contribution >= 0.6 is 0 Å². The fourth-order valence-corrected chi connectivity index (χ4v) is 1.33. The lowest BCUT2D eigenvalue weighted by Crippen LogP contribution is -1.92. The molecule has 74 valence electrons. The Morgan fingerprint density at radius 2 is 2.21 bits per heavy atom. The SMILES string of the molecule is C/C(=C\c1ccc2c(c1)OCO2)CO. The van der Waals surface area contributed by atoms with E-state index in [-0.39, 0.29) is 6.61 Å². The average Bonchev–Trinajstić information content (AvgIpc) is 2.64. The van der Waals surface area contributed by atoms with Crippen molar-refractivity contribution in [3.63, 3.8) is 0 Å². The fraction of sp³-hybridized carbons (Fsp3) is 0.273. The quantitative estimate of drug-likeness (QED) is 0.776. The van der Waals surface area contributed by atoms with Crippen molar-refractivity contribution in [1.29, 1.82) is 0 Å². The first-order valence-corrected chi connectivity index (χ1v) is 4.47. The van der Waals surface area contributed by atoms with Crippen LogP contribution in [0.1, 0.15) is 12.5 Å². The van der Waals surface area contributed by atoms with Gasteiger partial charge < -0.3 is 14.6 Å². The molecule has 1 aromatic carbocycles. The van der Waals surface area contributed by atoms with E-state index in [1.807, 2.05) is 31.2 Å². The van der Waals surface area contributed by atoms with Gasteiger partial charge in [0.05, 0.1) is 6.61 Å². The molecular weight excluding hydrogens is 180 g/mol. The van der Waals surface area contributed by atoms with Crippen molar-refractivity contribution in [3.05, 3.63) is 29.3 Å². The van der Waals surface area contributed by atoms with Crippen LogP contribution in [0.15, 0.2) is 23.8 Å². The third kappa shape index (κ3) is 1.72. The molecule has 0 fully saturated rings. The van der Waals surface area contributed by atoms with E-state index in [0.29, 0.717) is 6.79 Å². The number of benzene rings is 1. The van der Waals surface area contributed by atoms with Crippen LogP contribution in [0.4, 0.5) is 0 Å². The molecule has 14 heavy (non-hydrogen) atoms. The maximum atomic E-state index is 8.87. The van der Waals surface area contributed by atoms with Crippen LogP contribution in [0, 0.1) is 0 Å². The Morgan fingerprint density at radius 1 is 1.43 bits per heavy atom. The molecule has 1 aliphatic rings. The van der Waals surface area contributed by atoms with Crippen molar-refractivity contribution < 1.29 is 14.6 Å². The third-order valence-electron chi connectivity index (χ3n) is 2.06. The van der Waals surface area contributed by atoms with E-state index in [1.165, 1.54) is 0 Å². The lowest BCUT2D eigenvalue weighted by molar-refractivity contribution is 0.174. The highest BCUT2D eigenvalue weighted by Gasteiger charge is 2.12. The van der Waals surface area contributed by atoms with Gasteiger partial charge in [-0.25, -0.2) is 0 Å². The highest BCUT2D eigenvalue weighted by molar-refractivity contribution is 5.58. The molecule has 0 atom stereocenters. The Hall–Kier alpha value is -1.48. The first kappa shape index (κ1) is 9.09. The van der Waals surface area contributed by atoms with Crippen molar-refractivity contribution in [3.8, 4) is 11.5 Å². The van der Waals surface area contributed by atoms with Gasteiger partial charge in [-0.1, -0.05) is 12.1 Å². The van der Waals surface area contributed by atoms with Gasteiger partial charge in [-0.05, 0) is 30.2 Å². The van der Waals surface area contributed by atoms with Crippen LogP contribution < -0.4 is 9.47 Å². The maximum absolute atomic E-state index is 8.87. The Labute approximate surface area is 82.6 Å².